The largest absolute Gasteiger partial charge is 0.417 e. The zero-order valence-electron chi connectivity index (χ0n) is 10.1. The van der Waals surface area contributed by atoms with Crippen molar-refractivity contribution in [3.05, 3.63) is 28.3 Å². The van der Waals surface area contributed by atoms with E-state index in [4.69, 9.17) is 23.2 Å². The van der Waals surface area contributed by atoms with E-state index in [2.05, 4.69) is 5.32 Å². The molecule has 21 heavy (non-hydrogen) atoms. The number of aliphatic hydroxyl groups excluding tert-OH is 1. The van der Waals surface area contributed by atoms with Gasteiger partial charge in [0.2, 0.25) is 0 Å². The first-order valence-electron chi connectivity index (χ1n) is 5.42. The van der Waals surface area contributed by atoms with Gasteiger partial charge in [-0.1, -0.05) is 11.6 Å². The average Bonchev–Trinajstić information content (AvgIpc) is 2.34. The van der Waals surface area contributed by atoms with Crippen LogP contribution in [0.2, 0.25) is 5.02 Å². The monoisotopic (exact) mass is 355 g/mol. The Labute approximate surface area is 125 Å². The van der Waals surface area contributed by atoms with E-state index in [0.717, 1.165) is 0 Å². The topological polar surface area (TPSA) is 32.3 Å². The molecule has 0 radical (unpaired) electrons. The number of hydrogen-bond donors (Lipinski definition) is 2. The Morgan fingerprint density at radius 1 is 1.10 bits per heavy atom. The molecule has 0 aliphatic carbocycles. The number of halogens is 8. The third-order valence-electron chi connectivity index (χ3n) is 2.41. The Kier molecular flexibility index (Phi) is 5.63. The van der Waals surface area contributed by atoms with E-state index in [0.29, 0.717) is 6.07 Å². The molecular formula is C11H9Cl2F6NO. The second-order valence-electron chi connectivity index (χ2n) is 4.07. The van der Waals surface area contributed by atoms with Crippen LogP contribution in [0.3, 0.4) is 0 Å². The average molecular weight is 356 g/mol. The highest BCUT2D eigenvalue weighted by Crippen LogP contribution is 2.42. The van der Waals surface area contributed by atoms with Crippen LogP contribution in [0.15, 0.2) is 12.1 Å². The number of aliphatic hydroxyl groups is 1. The SMILES string of the molecule is OC(CCl)CNc1cc(C(F)(F)F)cc(C(F)(F)F)c1Cl. The summed E-state index contributed by atoms with van der Waals surface area (Å²) in [6.07, 6.45) is -11.2. The van der Waals surface area contributed by atoms with Gasteiger partial charge in [-0.05, 0) is 12.1 Å². The van der Waals surface area contributed by atoms with Crippen LogP contribution in [-0.4, -0.2) is 23.6 Å². The lowest BCUT2D eigenvalue weighted by Crippen LogP contribution is -2.22. The van der Waals surface area contributed by atoms with Gasteiger partial charge in [-0.25, -0.2) is 0 Å². The fraction of sp³-hybridized carbons (Fsp3) is 0.455. The Morgan fingerprint density at radius 3 is 2.10 bits per heavy atom. The highest BCUT2D eigenvalue weighted by atomic mass is 35.5. The smallest absolute Gasteiger partial charge is 0.390 e. The van der Waals surface area contributed by atoms with Crippen LogP contribution in [0, 0.1) is 0 Å². The summed E-state index contributed by atoms with van der Waals surface area (Å²) in [5.41, 5.74) is -3.69. The fourth-order valence-electron chi connectivity index (χ4n) is 1.41. The molecule has 0 saturated heterocycles. The van der Waals surface area contributed by atoms with Gasteiger partial charge in [-0.2, -0.15) is 26.3 Å². The summed E-state index contributed by atoms with van der Waals surface area (Å²) in [5, 5.41) is 10.5. The minimum Gasteiger partial charge on any atom is -0.390 e. The van der Waals surface area contributed by atoms with E-state index in [1.165, 1.54) is 0 Å². The molecule has 0 fully saturated rings. The maximum absolute atomic E-state index is 12.7. The minimum atomic E-state index is -5.04. The lowest BCUT2D eigenvalue weighted by molar-refractivity contribution is -0.142. The molecule has 1 rings (SSSR count). The highest BCUT2D eigenvalue weighted by Gasteiger charge is 2.39. The Bertz CT molecular complexity index is 503. The molecule has 0 saturated carbocycles. The molecule has 2 N–H and O–H groups in total. The number of nitrogens with one attached hydrogen (secondary N) is 1. The van der Waals surface area contributed by atoms with Crippen molar-refractivity contribution in [1.82, 2.24) is 0 Å². The Hall–Kier alpha value is -0.860. The second kappa shape index (κ2) is 6.50. The maximum atomic E-state index is 12.7. The van der Waals surface area contributed by atoms with Gasteiger partial charge >= 0.3 is 12.4 Å². The van der Waals surface area contributed by atoms with Crippen molar-refractivity contribution in [2.75, 3.05) is 17.7 Å². The van der Waals surface area contributed by atoms with E-state index in [-0.39, 0.29) is 18.5 Å². The van der Waals surface area contributed by atoms with Gasteiger partial charge in [0.25, 0.3) is 0 Å². The molecule has 0 spiro atoms. The van der Waals surface area contributed by atoms with Crippen LogP contribution in [0.5, 0.6) is 0 Å². The fourth-order valence-corrected chi connectivity index (χ4v) is 1.80. The van der Waals surface area contributed by atoms with E-state index in [1.54, 1.807) is 0 Å². The van der Waals surface area contributed by atoms with Gasteiger partial charge < -0.3 is 10.4 Å². The molecule has 2 nitrogen and oxygen atoms in total. The summed E-state index contributed by atoms with van der Waals surface area (Å²) >= 11 is 10.8. The molecular weight excluding hydrogens is 347 g/mol. The maximum Gasteiger partial charge on any atom is 0.417 e. The van der Waals surface area contributed by atoms with E-state index in [9.17, 15) is 31.4 Å². The van der Waals surface area contributed by atoms with Crippen LogP contribution in [0.4, 0.5) is 32.0 Å². The summed E-state index contributed by atoms with van der Waals surface area (Å²) in [4.78, 5) is 0. The Balaban J connectivity index is 3.29. The van der Waals surface area contributed by atoms with Gasteiger partial charge in [0.15, 0.2) is 0 Å². The van der Waals surface area contributed by atoms with Gasteiger partial charge in [-0.15, -0.1) is 11.6 Å². The van der Waals surface area contributed by atoms with E-state index < -0.39 is 40.3 Å². The molecule has 0 aromatic heterocycles. The zero-order valence-corrected chi connectivity index (χ0v) is 11.6. The molecule has 10 heteroatoms. The minimum absolute atomic E-state index is 0.0640. The lowest BCUT2D eigenvalue weighted by atomic mass is 10.1. The predicted octanol–water partition coefficient (Wildman–Crippen LogP) is 4.39. The highest BCUT2D eigenvalue weighted by molar-refractivity contribution is 6.34. The third-order valence-corrected chi connectivity index (χ3v) is 3.18. The quantitative estimate of drug-likeness (QED) is 0.620. The normalized spacial score (nSPS) is 14.1. The molecule has 1 atom stereocenters. The molecule has 0 bridgehead atoms. The second-order valence-corrected chi connectivity index (χ2v) is 4.76. The first-order chi connectivity index (χ1) is 9.46. The van der Waals surface area contributed by atoms with Gasteiger partial charge in [-0.3, -0.25) is 0 Å². The molecule has 1 unspecified atom stereocenters. The third kappa shape index (κ3) is 4.82. The summed E-state index contributed by atoms with van der Waals surface area (Å²) in [7, 11) is 0. The van der Waals surface area contributed by atoms with Gasteiger partial charge in [0, 0.05) is 6.54 Å². The molecule has 0 heterocycles. The Morgan fingerprint density at radius 2 is 1.67 bits per heavy atom. The molecule has 1 aromatic carbocycles. The number of hydrogen-bond acceptors (Lipinski definition) is 2. The number of alkyl halides is 7. The van der Waals surface area contributed by atoms with Gasteiger partial charge in [0.1, 0.15) is 0 Å². The van der Waals surface area contributed by atoms with Crippen LogP contribution in [0.1, 0.15) is 11.1 Å². The molecule has 0 amide bonds. The molecule has 0 aliphatic heterocycles. The van der Waals surface area contributed by atoms with Crippen LogP contribution >= 0.6 is 23.2 Å². The number of rotatable bonds is 4. The van der Waals surface area contributed by atoms with Crippen molar-refractivity contribution in [2.45, 2.75) is 18.5 Å². The van der Waals surface area contributed by atoms with Crippen molar-refractivity contribution >= 4 is 28.9 Å². The standard InChI is InChI=1S/C11H9Cl2F6NO/c12-3-6(21)4-20-8-2-5(10(14,15)16)1-7(9(8)13)11(17,18)19/h1-2,6,20-21H,3-4H2. The molecule has 120 valence electrons. The van der Waals surface area contributed by atoms with Crippen molar-refractivity contribution in [3.63, 3.8) is 0 Å². The summed E-state index contributed by atoms with van der Waals surface area (Å²) in [5.74, 6) is -0.240. The first-order valence-corrected chi connectivity index (χ1v) is 6.34. The predicted molar refractivity (Wildman–Crippen MR) is 66.7 cm³/mol. The lowest BCUT2D eigenvalue weighted by Gasteiger charge is -2.18. The number of benzene rings is 1. The molecule has 0 aliphatic rings. The van der Waals surface area contributed by atoms with Crippen molar-refractivity contribution < 1.29 is 31.4 Å². The van der Waals surface area contributed by atoms with Crippen LogP contribution < -0.4 is 5.32 Å². The van der Waals surface area contributed by atoms with Crippen LogP contribution in [0.25, 0.3) is 0 Å². The summed E-state index contributed by atoms with van der Waals surface area (Å²) in [6, 6.07) is 0.379. The van der Waals surface area contributed by atoms with E-state index in [1.807, 2.05) is 0 Å². The van der Waals surface area contributed by atoms with Crippen molar-refractivity contribution in [1.29, 1.82) is 0 Å². The van der Waals surface area contributed by atoms with Crippen LogP contribution in [-0.2, 0) is 12.4 Å². The van der Waals surface area contributed by atoms with Gasteiger partial charge in [0.05, 0.1) is 33.8 Å². The molecule has 1 aromatic rings. The van der Waals surface area contributed by atoms with E-state index >= 15 is 0 Å². The summed E-state index contributed by atoms with van der Waals surface area (Å²) < 4.78 is 76.0. The summed E-state index contributed by atoms with van der Waals surface area (Å²) in [6.45, 7) is -0.345. The van der Waals surface area contributed by atoms with Crippen molar-refractivity contribution in [3.8, 4) is 0 Å². The first kappa shape index (κ1) is 18.2. The van der Waals surface area contributed by atoms with Crippen molar-refractivity contribution in [2.24, 2.45) is 0 Å². The zero-order chi connectivity index (χ0) is 16.4. The number of anilines is 1.